The number of nitrogens with zero attached hydrogens (tertiary/aromatic N) is 3. The van der Waals surface area contributed by atoms with Gasteiger partial charge in [0.05, 0.1) is 0 Å². The van der Waals surface area contributed by atoms with E-state index in [9.17, 15) is 5.11 Å². The molecule has 0 atom stereocenters. The Kier molecular flexibility index (Phi) is 4.61. The molecule has 0 aliphatic heterocycles. The van der Waals surface area contributed by atoms with Crippen LogP contribution in [0.2, 0.25) is 0 Å². The highest BCUT2D eigenvalue weighted by atomic mass is 16.5. The van der Waals surface area contributed by atoms with Crippen molar-refractivity contribution >= 4 is 11.5 Å². The molecule has 0 saturated carbocycles. The van der Waals surface area contributed by atoms with E-state index < -0.39 is 0 Å². The highest BCUT2D eigenvalue weighted by Crippen LogP contribution is 2.31. The minimum atomic E-state index is 0.161. The van der Waals surface area contributed by atoms with Gasteiger partial charge in [-0.3, -0.25) is 0 Å². The van der Waals surface area contributed by atoms with Crippen molar-refractivity contribution in [3.8, 4) is 28.6 Å². The van der Waals surface area contributed by atoms with Gasteiger partial charge in [0.1, 0.15) is 23.0 Å². The van der Waals surface area contributed by atoms with Crippen LogP contribution in [0.1, 0.15) is 0 Å². The van der Waals surface area contributed by atoms with Gasteiger partial charge < -0.3 is 15.2 Å². The largest absolute Gasteiger partial charge is 0.508 e. The van der Waals surface area contributed by atoms with E-state index in [2.05, 4.69) is 20.3 Å². The van der Waals surface area contributed by atoms with Crippen molar-refractivity contribution in [2.75, 3.05) is 5.32 Å². The van der Waals surface area contributed by atoms with E-state index in [0.717, 1.165) is 17.1 Å². The van der Waals surface area contributed by atoms with Gasteiger partial charge in [0, 0.05) is 29.8 Å². The number of nitrogens with one attached hydrogen (secondary N) is 1. The van der Waals surface area contributed by atoms with Crippen LogP contribution in [-0.2, 0) is 0 Å². The van der Waals surface area contributed by atoms with Crippen LogP contribution in [0.15, 0.2) is 85.3 Å². The number of anilines is 2. The lowest BCUT2D eigenvalue weighted by Gasteiger charge is -2.10. The average Bonchev–Trinajstić information content (AvgIpc) is 2.71. The third-order valence-electron chi connectivity index (χ3n) is 3.79. The highest BCUT2D eigenvalue weighted by Gasteiger charge is 2.11. The summed E-state index contributed by atoms with van der Waals surface area (Å²) >= 11 is 0. The second-order valence-corrected chi connectivity index (χ2v) is 5.73. The first kappa shape index (κ1) is 16.5. The number of hydrogen-bond acceptors (Lipinski definition) is 6. The molecule has 2 heterocycles. The number of rotatable bonds is 5. The van der Waals surface area contributed by atoms with Crippen molar-refractivity contribution < 1.29 is 9.84 Å². The monoisotopic (exact) mass is 356 g/mol. The minimum Gasteiger partial charge on any atom is -0.508 e. The Morgan fingerprint density at radius 2 is 1.63 bits per heavy atom. The van der Waals surface area contributed by atoms with Gasteiger partial charge in [-0.25, -0.2) is 15.0 Å². The molecule has 27 heavy (non-hydrogen) atoms. The zero-order chi connectivity index (χ0) is 18.5. The van der Waals surface area contributed by atoms with Gasteiger partial charge in [0.15, 0.2) is 0 Å². The van der Waals surface area contributed by atoms with Crippen molar-refractivity contribution in [1.29, 1.82) is 0 Å². The molecule has 0 aliphatic rings. The third kappa shape index (κ3) is 4.01. The van der Waals surface area contributed by atoms with Crippen LogP contribution in [0.25, 0.3) is 11.3 Å². The Morgan fingerprint density at radius 1 is 0.778 bits per heavy atom. The fourth-order valence-electron chi connectivity index (χ4n) is 2.55. The van der Waals surface area contributed by atoms with Gasteiger partial charge in [-0.15, -0.1) is 0 Å². The number of aromatic nitrogens is 3. The molecular weight excluding hydrogens is 340 g/mol. The number of phenolic OH excluding ortho intramolecular Hbond substituents is 1. The average molecular weight is 356 g/mol. The first-order valence-corrected chi connectivity index (χ1v) is 8.34. The number of phenols is 1. The van der Waals surface area contributed by atoms with E-state index in [0.29, 0.717) is 17.3 Å². The van der Waals surface area contributed by atoms with Gasteiger partial charge in [0.25, 0.3) is 0 Å². The first-order valence-electron chi connectivity index (χ1n) is 8.34. The van der Waals surface area contributed by atoms with Gasteiger partial charge in [-0.05, 0) is 48.5 Å². The number of aromatic hydroxyl groups is 1. The molecule has 0 unspecified atom stereocenters. The van der Waals surface area contributed by atoms with Gasteiger partial charge in [-0.1, -0.05) is 18.2 Å². The molecule has 6 nitrogen and oxygen atoms in total. The zero-order valence-electron chi connectivity index (χ0n) is 14.3. The molecule has 0 aliphatic carbocycles. The standard InChI is InChI=1S/C21H16N4O2/c26-17-5-3-4-15(14-17)20-21(24-13-12-23-20)27-18-9-7-16(8-10-18)25-19-6-1-2-11-22-19/h1-14,26H,(H,22,25). The topological polar surface area (TPSA) is 80.2 Å². The minimum absolute atomic E-state index is 0.161. The molecule has 2 aromatic heterocycles. The second-order valence-electron chi connectivity index (χ2n) is 5.73. The molecule has 0 fully saturated rings. The number of pyridine rings is 1. The van der Waals surface area contributed by atoms with E-state index in [1.165, 1.54) is 0 Å². The lowest BCUT2D eigenvalue weighted by atomic mass is 10.1. The summed E-state index contributed by atoms with van der Waals surface area (Å²) in [7, 11) is 0. The maximum absolute atomic E-state index is 9.71. The van der Waals surface area contributed by atoms with Gasteiger partial charge >= 0.3 is 0 Å². The Balaban J connectivity index is 1.55. The number of ether oxygens (including phenoxy) is 1. The molecule has 2 N–H and O–H groups in total. The smallest absolute Gasteiger partial charge is 0.246 e. The van der Waals surface area contributed by atoms with Crippen molar-refractivity contribution in [1.82, 2.24) is 15.0 Å². The van der Waals surface area contributed by atoms with E-state index in [4.69, 9.17) is 4.74 Å². The molecule has 4 rings (SSSR count). The van der Waals surface area contributed by atoms with E-state index in [1.54, 1.807) is 36.8 Å². The summed E-state index contributed by atoms with van der Waals surface area (Å²) in [6.45, 7) is 0. The van der Waals surface area contributed by atoms with Crippen molar-refractivity contribution in [2.45, 2.75) is 0 Å². The fourth-order valence-corrected chi connectivity index (χ4v) is 2.55. The van der Waals surface area contributed by atoms with E-state index >= 15 is 0 Å². The lowest BCUT2D eigenvalue weighted by molar-refractivity contribution is 0.462. The summed E-state index contributed by atoms with van der Waals surface area (Å²) in [6, 6.07) is 20.0. The van der Waals surface area contributed by atoms with Gasteiger partial charge in [-0.2, -0.15) is 0 Å². The second kappa shape index (κ2) is 7.53. The van der Waals surface area contributed by atoms with Crippen LogP contribution in [0.4, 0.5) is 11.5 Å². The van der Waals surface area contributed by atoms with Crippen LogP contribution in [0.3, 0.4) is 0 Å². The van der Waals surface area contributed by atoms with Crippen LogP contribution in [0.5, 0.6) is 17.4 Å². The van der Waals surface area contributed by atoms with Crippen LogP contribution in [-0.4, -0.2) is 20.1 Å². The van der Waals surface area contributed by atoms with Crippen LogP contribution in [0, 0.1) is 0 Å². The summed E-state index contributed by atoms with van der Waals surface area (Å²) in [5.74, 6) is 1.93. The normalized spacial score (nSPS) is 10.4. The zero-order valence-corrected chi connectivity index (χ0v) is 14.3. The summed E-state index contributed by atoms with van der Waals surface area (Å²) in [5.41, 5.74) is 2.18. The molecule has 0 spiro atoms. The van der Waals surface area contributed by atoms with Gasteiger partial charge in [0.2, 0.25) is 5.88 Å². The molecule has 2 aromatic carbocycles. The third-order valence-corrected chi connectivity index (χ3v) is 3.79. The Hall–Kier alpha value is -3.93. The highest BCUT2D eigenvalue weighted by molar-refractivity contribution is 5.66. The van der Waals surface area contributed by atoms with Crippen molar-refractivity contribution in [2.24, 2.45) is 0 Å². The summed E-state index contributed by atoms with van der Waals surface area (Å²) in [5, 5.41) is 12.9. The predicted molar refractivity (Wildman–Crippen MR) is 103 cm³/mol. The Bertz CT molecular complexity index is 1040. The molecule has 132 valence electrons. The number of benzene rings is 2. The quantitative estimate of drug-likeness (QED) is 0.536. The molecule has 0 radical (unpaired) electrons. The lowest BCUT2D eigenvalue weighted by Crippen LogP contribution is -1.95. The predicted octanol–water partition coefficient (Wildman–Crippen LogP) is 4.78. The van der Waals surface area contributed by atoms with E-state index in [1.807, 2.05) is 48.5 Å². The number of hydrogen-bond donors (Lipinski definition) is 2. The maximum atomic E-state index is 9.71. The van der Waals surface area contributed by atoms with Crippen LogP contribution >= 0.6 is 0 Å². The Labute approximate surface area is 156 Å². The molecule has 4 aromatic rings. The van der Waals surface area contributed by atoms with Crippen molar-refractivity contribution in [3.63, 3.8) is 0 Å². The molecule has 0 saturated heterocycles. The molecular formula is C21H16N4O2. The summed E-state index contributed by atoms with van der Waals surface area (Å²) in [6.07, 6.45) is 4.89. The molecule has 6 heteroatoms. The Morgan fingerprint density at radius 3 is 2.41 bits per heavy atom. The van der Waals surface area contributed by atoms with E-state index in [-0.39, 0.29) is 5.75 Å². The SMILES string of the molecule is Oc1cccc(-c2nccnc2Oc2ccc(Nc3ccccn3)cc2)c1. The van der Waals surface area contributed by atoms with Crippen molar-refractivity contribution in [3.05, 3.63) is 85.3 Å². The maximum Gasteiger partial charge on any atom is 0.246 e. The fraction of sp³-hybridized carbons (Fsp3) is 0. The summed E-state index contributed by atoms with van der Waals surface area (Å²) in [4.78, 5) is 12.9. The first-order chi connectivity index (χ1) is 13.3. The molecule has 0 amide bonds. The van der Waals surface area contributed by atoms with Crippen LogP contribution < -0.4 is 10.1 Å². The molecule has 0 bridgehead atoms. The summed E-state index contributed by atoms with van der Waals surface area (Å²) < 4.78 is 5.91.